The van der Waals surface area contributed by atoms with Crippen LogP contribution in [0.1, 0.15) is 41.5 Å². The fourth-order valence-electron chi connectivity index (χ4n) is 5.42. The zero-order valence-electron chi connectivity index (χ0n) is 16.1. The van der Waals surface area contributed by atoms with Gasteiger partial charge >= 0.3 is 0 Å². The lowest BCUT2D eigenvalue weighted by molar-refractivity contribution is 0.781. The molecule has 0 radical (unpaired) electrons. The van der Waals surface area contributed by atoms with Crippen molar-refractivity contribution in [1.29, 1.82) is 0 Å². The van der Waals surface area contributed by atoms with Crippen molar-refractivity contribution in [2.24, 2.45) is 0 Å². The molecule has 1 aliphatic carbocycles. The van der Waals surface area contributed by atoms with Gasteiger partial charge in [0.25, 0.3) is 0 Å². The Labute approximate surface area is 159 Å². The number of benzene rings is 5. The third-order valence-corrected chi connectivity index (χ3v) is 6.46. The molecule has 0 saturated heterocycles. The zero-order valence-corrected chi connectivity index (χ0v) is 16.1. The SMILES string of the molecule is Cc1cc2c3c(c4cc(C)cc5c6ccccc6c(c1)c2c45)[C@H](C)CC=C3. The Hall–Kier alpha value is -2.86. The molecule has 0 heterocycles. The van der Waals surface area contributed by atoms with Gasteiger partial charge in [0.1, 0.15) is 0 Å². The van der Waals surface area contributed by atoms with E-state index in [0.29, 0.717) is 5.92 Å². The van der Waals surface area contributed by atoms with Gasteiger partial charge < -0.3 is 0 Å². The van der Waals surface area contributed by atoms with Gasteiger partial charge in [-0.2, -0.15) is 0 Å². The van der Waals surface area contributed by atoms with E-state index in [4.69, 9.17) is 0 Å². The summed E-state index contributed by atoms with van der Waals surface area (Å²) in [4.78, 5) is 0. The van der Waals surface area contributed by atoms with Gasteiger partial charge in [-0.05, 0) is 91.5 Å². The molecule has 0 aliphatic heterocycles. The van der Waals surface area contributed by atoms with Gasteiger partial charge in [-0.25, -0.2) is 0 Å². The second-order valence-corrected chi connectivity index (χ2v) is 8.38. The molecule has 0 nitrogen and oxygen atoms in total. The first-order valence-corrected chi connectivity index (χ1v) is 9.94. The Morgan fingerprint density at radius 1 is 0.704 bits per heavy atom. The fraction of sp³-hybridized carbons (Fsp3) is 0.185. The minimum Gasteiger partial charge on any atom is -0.0833 e. The molecule has 1 atom stereocenters. The highest BCUT2D eigenvalue weighted by Gasteiger charge is 2.23. The minimum atomic E-state index is 0.560. The van der Waals surface area contributed by atoms with Crippen LogP contribution in [0.5, 0.6) is 0 Å². The summed E-state index contributed by atoms with van der Waals surface area (Å²) in [5, 5.41) is 11.4. The van der Waals surface area contributed by atoms with Crippen LogP contribution in [-0.2, 0) is 0 Å². The molecular weight excluding hydrogens is 324 g/mol. The molecule has 0 unspecified atom stereocenters. The molecule has 5 aromatic rings. The van der Waals surface area contributed by atoms with Crippen LogP contribution >= 0.6 is 0 Å². The van der Waals surface area contributed by atoms with E-state index in [2.05, 4.69) is 81.5 Å². The number of hydrogen-bond donors (Lipinski definition) is 0. The highest BCUT2D eigenvalue weighted by molar-refractivity contribution is 6.35. The van der Waals surface area contributed by atoms with Crippen LogP contribution in [0.4, 0.5) is 0 Å². The molecule has 0 saturated carbocycles. The van der Waals surface area contributed by atoms with Crippen molar-refractivity contribution in [2.45, 2.75) is 33.1 Å². The van der Waals surface area contributed by atoms with Crippen molar-refractivity contribution in [1.82, 2.24) is 0 Å². The third kappa shape index (κ3) is 1.88. The number of rotatable bonds is 0. The maximum atomic E-state index is 2.42. The van der Waals surface area contributed by atoms with E-state index in [-0.39, 0.29) is 0 Å². The van der Waals surface area contributed by atoms with Gasteiger partial charge in [-0.15, -0.1) is 0 Å². The Bertz CT molecular complexity index is 1420. The highest BCUT2D eigenvalue weighted by Crippen LogP contribution is 2.48. The Kier molecular flexibility index (Phi) is 2.88. The van der Waals surface area contributed by atoms with E-state index in [0.717, 1.165) is 6.42 Å². The van der Waals surface area contributed by atoms with Gasteiger partial charge in [0.05, 0.1) is 0 Å². The largest absolute Gasteiger partial charge is 0.0833 e. The summed E-state index contributed by atoms with van der Waals surface area (Å²) < 4.78 is 0. The second kappa shape index (κ2) is 5.10. The van der Waals surface area contributed by atoms with E-state index < -0.39 is 0 Å². The van der Waals surface area contributed by atoms with Crippen molar-refractivity contribution < 1.29 is 0 Å². The molecule has 0 fully saturated rings. The van der Waals surface area contributed by atoms with Crippen LogP contribution < -0.4 is 0 Å². The fourth-order valence-corrected chi connectivity index (χ4v) is 5.42. The lowest BCUT2D eigenvalue weighted by atomic mass is 9.78. The molecular formula is C27H22. The van der Waals surface area contributed by atoms with Gasteiger partial charge in [-0.1, -0.05) is 67.6 Å². The summed E-state index contributed by atoms with van der Waals surface area (Å²) in [6.07, 6.45) is 5.86. The molecule has 0 N–H and O–H groups in total. The molecule has 0 bridgehead atoms. The van der Waals surface area contributed by atoms with Crippen LogP contribution in [-0.4, -0.2) is 0 Å². The van der Waals surface area contributed by atoms with E-state index in [1.165, 1.54) is 59.8 Å². The second-order valence-electron chi connectivity index (χ2n) is 8.38. The van der Waals surface area contributed by atoms with Crippen molar-refractivity contribution in [2.75, 3.05) is 0 Å². The minimum absolute atomic E-state index is 0.560. The van der Waals surface area contributed by atoms with Crippen molar-refractivity contribution in [3.8, 4) is 0 Å². The van der Waals surface area contributed by atoms with E-state index >= 15 is 0 Å². The van der Waals surface area contributed by atoms with Crippen molar-refractivity contribution in [3.05, 3.63) is 76.9 Å². The van der Waals surface area contributed by atoms with Gasteiger partial charge in [0.2, 0.25) is 0 Å². The van der Waals surface area contributed by atoms with Crippen molar-refractivity contribution in [3.63, 3.8) is 0 Å². The van der Waals surface area contributed by atoms with Crippen LogP contribution in [0.15, 0.2) is 54.6 Å². The lowest BCUT2D eigenvalue weighted by Crippen LogP contribution is -2.04. The average Bonchev–Trinajstić information content (AvgIpc) is 2.66. The topological polar surface area (TPSA) is 0 Å². The highest BCUT2D eigenvalue weighted by atomic mass is 14.3. The van der Waals surface area contributed by atoms with E-state index in [1.807, 2.05) is 0 Å². The molecule has 0 amide bonds. The smallest absolute Gasteiger partial charge is 0.00139 e. The van der Waals surface area contributed by atoms with Crippen LogP contribution in [0.3, 0.4) is 0 Å². The maximum Gasteiger partial charge on any atom is -0.00139 e. The predicted molar refractivity (Wildman–Crippen MR) is 119 cm³/mol. The summed E-state index contributed by atoms with van der Waals surface area (Å²) in [6, 6.07) is 18.5. The number of hydrogen-bond acceptors (Lipinski definition) is 0. The number of aryl methyl sites for hydroxylation is 2. The number of fused-ring (bicyclic) bond motifs is 6. The predicted octanol–water partition coefficient (Wildman–Crippen LogP) is 7.87. The Balaban J connectivity index is 2.08. The van der Waals surface area contributed by atoms with Gasteiger partial charge in [0, 0.05) is 0 Å². The average molecular weight is 346 g/mol. The summed E-state index contributed by atoms with van der Waals surface area (Å²) >= 11 is 0. The normalized spacial score (nSPS) is 16.8. The zero-order chi connectivity index (χ0) is 18.3. The molecule has 0 aromatic heterocycles. The first-order valence-electron chi connectivity index (χ1n) is 9.94. The maximum absolute atomic E-state index is 2.42. The molecule has 27 heavy (non-hydrogen) atoms. The first kappa shape index (κ1) is 15.2. The molecule has 1 aliphatic rings. The summed E-state index contributed by atoms with van der Waals surface area (Å²) in [5.41, 5.74) is 5.68. The van der Waals surface area contributed by atoms with E-state index in [1.54, 1.807) is 5.56 Å². The summed E-state index contributed by atoms with van der Waals surface area (Å²) in [6.45, 7) is 6.85. The lowest BCUT2D eigenvalue weighted by Gasteiger charge is -2.26. The van der Waals surface area contributed by atoms with E-state index in [9.17, 15) is 0 Å². The number of allylic oxidation sites excluding steroid dienone is 1. The Morgan fingerprint density at radius 3 is 1.93 bits per heavy atom. The molecule has 6 rings (SSSR count). The molecule has 130 valence electrons. The first-order chi connectivity index (χ1) is 13.1. The molecule has 0 spiro atoms. The Morgan fingerprint density at radius 2 is 1.26 bits per heavy atom. The summed E-state index contributed by atoms with van der Waals surface area (Å²) in [5.74, 6) is 0.560. The van der Waals surface area contributed by atoms with Crippen molar-refractivity contribution >= 4 is 49.2 Å². The van der Waals surface area contributed by atoms with Crippen LogP contribution in [0.2, 0.25) is 0 Å². The summed E-state index contributed by atoms with van der Waals surface area (Å²) in [7, 11) is 0. The van der Waals surface area contributed by atoms with Crippen LogP contribution in [0.25, 0.3) is 49.2 Å². The third-order valence-electron chi connectivity index (χ3n) is 6.46. The quantitative estimate of drug-likeness (QED) is 0.198. The van der Waals surface area contributed by atoms with Gasteiger partial charge in [-0.3, -0.25) is 0 Å². The molecule has 5 aromatic carbocycles. The monoisotopic (exact) mass is 346 g/mol. The van der Waals surface area contributed by atoms with Gasteiger partial charge in [0.15, 0.2) is 0 Å². The van der Waals surface area contributed by atoms with Crippen LogP contribution in [0, 0.1) is 13.8 Å². The molecule has 0 heteroatoms. The standard InChI is InChI=1S/C27H22/c1-15-11-21-18-8-4-5-9-19(18)22-12-16(2)14-24-25-17(3)7-6-10-20(25)23(13-15)26(21)27(22)24/h4-6,8-14,17H,7H2,1-3H3/t17-/m1/s1.